The molecule has 14 heavy (non-hydrogen) atoms. The highest BCUT2D eigenvalue weighted by atomic mass is 35.5. The molecule has 0 unspecified atom stereocenters. The molecule has 1 saturated heterocycles. The van der Waals surface area contributed by atoms with Gasteiger partial charge in [-0.1, -0.05) is 24.6 Å². The maximum atomic E-state index is 5.57. The van der Waals surface area contributed by atoms with Crippen molar-refractivity contribution in [2.75, 3.05) is 26.2 Å². The number of rotatable bonds is 5. The molecule has 0 atom stereocenters. The van der Waals surface area contributed by atoms with Gasteiger partial charge in [-0.3, -0.25) is 4.90 Å². The Bertz CT molecular complexity index is 165. The first-order valence-corrected chi connectivity index (χ1v) is 6.02. The second kappa shape index (κ2) is 7.27. The van der Waals surface area contributed by atoms with Crippen molar-refractivity contribution in [2.45, 2.75) is 32.2 Å². The normalized spacial score (nSPS) is 19.6. The van der Waals surface area contributed by atoms with E-state index in [1.165, 1.54) is 25.8 Å². The molecule has 0 saturated carbocycles. The molecule has 0 aliphatic carbocycles. The second-order valence-electron chi connectivity index (χ2n) is 3.84. The summed E-state index contributed by atoms with van der Waals surface area (Å²) in [5.41, 5.74) is 1.63. The van der Waals surface area contributed by atoms with Crippen LogP contribution in [0.1, 0.15) is 26.2 Å². The number of hydrogen-bond donors (Lipinski definition) is 1. The van der Waals surface area contributed by atoms with Crippen molar-refractivity contribution in [3.63, 3.8) is 0 Å². The van der Waals surface area contributed by atoms with Gasteiger partial charge in [0.1, 0.15) is 0 Å². The first-order valence-electron chi connectivity index (χ1n) is 5.58. The topological polar surface area (TPSA) is 15.3 Å². The highest BCUT2D eigenvalue weighted by molar-refractivity contribution is 6.25. The van der Waals surface area contributed by atoms with Crippen LogP contribution in [0.25, 0.3) is 0 Å². The summed E-state index contributed by atoms with van der Waals surface area (Å²) in [5.74, 6) is 0. The minimum atomic E-state index is 0.754. The summed E-state index contributed by atoms with van der Waals surface area (Å²) in [5, 5.41) is 3.40. The third kappa shape index (κ3) is 3.99. The van der Waals surface area contributed by atoms with Gasteiger partial charge in [-0.05, 0) is 38.9 Å². The predicted molar refractivity (Wildman–Crippen MR) is 62.7 cm³/mol. The SMILES string of the molecule is CCCN(C/C=C/Cl)C1CCNCC1. The van der Waals surface area contributed by atoms with Crippen LogP contribution in [0.15, 0.2) is 11.6 Å². The van der Waals surface area contributed by atoms with Crippen molar-refractivity contribution in [1.82, 2.24) is 10.2 Å². The minimum Gasteiger partial charge on any atom is -0.317 e. The molecule has 1 N–H and O–H groups in total. The Hall–Kier alpha value is -0.0500. The van der Waals surface area contributed by atoms with Crippen molar-refractivity contribution < 1.29 is 0 Å². The molecule has 1 heterocycles. The van der Waals surface area contributed by atoms with E-state index in [1.54, 1.807) is 5.54 Å². The highest BCUT2D eigenvalue weighted by Crippen LogP contribution is 2.12. The predicted octanol–water partition coefficient (Wildman–Crippen LogP) is 2.20. The van der Waals surface area contributed by atoms with Crippen LogP contribution in [0.4, 0.5) is 0 Å². The lowest BCUT2D eigenvalue weighted by atomic mass is 10.0. The smallest absolute Gasteiger partial charge is 0.0177 e. The van der Waals surface area contributed by atoms with Crippen molar-refractivity contribution in [3.05, 3.63) is 11.6 Å². The van der Waals surface area contributed by atoms with Gasteiger partial charge in [0.15, 0.2) is 0 Å². The first kappa shape index (κ1) is 12.0. The minimum absolute atomic E-state index is 0.754. The number of halogens is 1. The average Bonchev–Trinajstić information content (AvgIpc) is 2.25. The van der Waals surface area contributed by atoms with Crippen molar-refractivity contribution >= 4 is 11.6 Å². The van der Waals surface area contributed by atoms with E-state index < -0.39 is 0 Å². The van der Waals surface area contributed by atoms with Crippen molar-refractivity contribution in [2.24, 2.45) is 0 Å². The fraction of sp³-hybridized carbons (Fsp3) is 0.818. The number of nitrogens with one attached hydrogen (secondary N) is 1. The Morgan fingerprint density at radius 3 is 2.71 bits per heavy atom. The molecule has 0 bridgehead atoms. The van der Waals surface area contributed by atoms with E-state index in [4.69, 9.17) is 11.6 Å². The summed E-state index contributed by atoms with van der Waals surface area (Å²) in [6.45, 7) is 6.75. The van der Waals surface area contributed by atoms with Gasteiger partial charge >= 0.3 is 0 Å². The zero-order chi connectivity index (χ0) is 10.2. The van der Waals surface area contributed by atoms with Crippen LogP contribution >= 0.6 is 11.6 Å². The van der Waals surface area contributed by atoms with Gasteiger partial charge in [0.05, 0.1) is 0 Å². The number of piperidine rings is 1. The summed E-state index contributed by atoms with van der Waals surface area (Å²) < 4.78 is 0. The van der Waals surface area contributed by atoms with E-state index in [2.05, 4.69) is 17.1 Å². The molecule has 0 aromatic carbocycles. The standard InChI is InChI=1S/C11H21ClN2/c1-2-9-14(10-3-6-12)11-4-7-13-8-5-11/h3,6,11,13H,2,4-5,7-10H2,1H3/b6-3+. The maximum Gasteiger partial charge on any atom is 0.0177 e. The van der Waals surface area contributed by atoms with Crippen LogP contribution in [-0.2, 0) is 0 Å². The second-order valence-corrected chi connectivity index (χ2v) is 4.09. The van der Waals surface area contributed by atoms with Crippen molar-refractivity contribution in [3.8, 4) is 0 Å². The Labute approximate surface area is 92.3 Å². The van der Waals surface area contributed by atoms with Crippen LogP contribution in [0, 0.1) is 0 Å². The van der Waals surface area contributed by atoms with E-state index in [9.17, 15) is 0 Å². The molecule has 82 valence electrons. The Morgan fingerprint density at radius 1 is 1.43 bits per heavy atom. The Kier molecular flexibility index (Phi) is 6.24. The number of hydrogen-bond acceptors (Lipinski definition) is 2. The summed E-state index contributed by atoms with van der Waals surface area (Å²) >= 11 is 5.57. The lowest BCUT2D eigenvalue weighted by Crippen LogP contribution is -2.43. The monoisotopic (exact) mass is 216 g/mol. The Morgan fingerprint density at radius 2 is 2.14 bits per heavy atom. The molecule has 0 aromatic rings. The summed E-state index contributed by atoms with van der Waals surface area (Å²) in [6, 6.07) is 0.754. The molecule has 0 aromatic heterocycles. The zero-order valence-electron chi connectivity index (χ0n) is 9.01. The number of nitrogens with zero attached hydrogens (tertiary/aromatic N) is 1. The molecule has 1 aliphatic heterocycles. The van der Waals surface area contributed by atoms with Crippen LogP contribution in [-0.4, -0.2) is 37.1 Å². The molecule has 0 radical (unpaired) electrons. The van der Waals surface area contributed by atoms with E-state index in [-0.39, 0.29) is 0 Å². The van der Waals surface area contributed by atoms with Gasteiger partial charge < -0.3 is 5.32 Å². The van der Waals surface area contributed by atoms with Gasteiger partial charge in [0, 0.05) is 18.1 Å². The van der Waals surface area contributed by atoms with E-state index >= 15 is 0 Å². The summed E-state index contributed by atoms with van der Waals surface area (Å²) in [6.07, 6.45) is 5.81. The van der Waals surface area contributed by atoms with Gasteiger partial charge in [-0.2, -0.15) is 0 Å². The third-order valence-electron chi connectivity index (χ3n) is 2.76. The molecule has 3 heteroatoms. The molecule has 0 spiro atoms. The van der Waals surface area contributed by atoms with Crippen LogP contribution in [0.2, 0.25) is 0 Å². The Balaban J connectivity index is 2.38. The van der Waals surface area contributed by atoms with Crippen LogP contribution in [0.5, 0.6) is 0 Å². The van der Waals surface area contributed by atoms with Crippen LogP contribution < -0.4 is 5.32 Å². The molecular weight excluding hydrogens is 196 g/mol. The third-order valence-corrected chi connectivity index (χ3v) is 2.94. The van der Waals surface area contributed by atoms with Crippen molar-refractivity contribution in [1.29, 1.82) is 0 Å². The largest absolute Gasteiger partial charge is 0.317 e. The molecule has 1 aliphatic rings. The summed E-state index contributed by atoms with van der Waals surface area (Å²) in [7, 11) is 0. The summed E-state index contributed by atoms with van der Waals surface area (Å²) in [4.78, 5) is 2.54. The molecule has 1 fully saturated rings. The van der Waals surface area contributed by atoms with Gasteiger partial charge in [-0.25, -0.2) is 0 Å². The molecular formula is C11H21ClN2. The van der Waals surface area contributed by atoms with Gasteiger partial charge in [-0.15, -0.1) is 0 Å². The molecule has 1 rings (SSSR count). The highest BCUT2D eigenvalue weighted by Gasteiger charge is 2.18. The molecule has 0 amide bonds. The van der Waals surface area contributed by atoms with Gasteiger partial charge in [0.2, 0.25) is 0 Å². The average molecular weight is 217 g/mol. The fourth-order valence-electron chi connectivity index (χ4n) is 2.06. The first-order chi connectivity index (χ1) is 6.88. The zero-order valence-corrected chi connectivity index (χ0v) is 9.76. The van der Waals surface area contributed by atoms with Gasteiger partial charge in [0.25, 0.3) is 0 Å². The van der Waals surface area contributed by atoms with Crippen LogP contribution in [0.3, 0.4) is 0 Å². The van der Waals surface area contributed by atoms with E-state index in [0.29, 0.717) is 0 Å². The van der Waals surface area contributed by atoms with E-state index in [0.717, 1.165) is 25.7 Å². The fourth-order valence-corrected chi connectivity index (χ4v) is 2.14. The maximum absolute atomic E-state index is 5.57. The quantitative estimate of drug-likeness (QED) is 0.758. The molecule has 2 nitrogen and oxygen atoms in total. The lowest BCUT2D eigenvalue weighted by Gasteiger charge is -2.33. The lowest BCUT2D eigenvalue weighted by molar-refractivity contribution is 0.179. The van der Waals surface area contributed by atoms with E-state index in [1.807, 2.05) is 6.08 Å².